The minimum atomic E-state index is 0.0390. The molecule has 0 aliphatic carbocycles. The number of guanidine groups is 1. The third-order valence-electron chi connectivity index (χ3n) is 5.78. The lowest BCUT2D eigenvalue weighted by Gasteiger charge is -2.29. The van der Waals surface area contributed by atoms with Crippen LogP contribution in [0, 0.1) is 5.92 Å². The Balaban J connectivity index is 1.53. The second-order valence-corrected chi connectivity index (χ2v) is 8.40. The van der Waals surface area contributed by atoms with Gasteiger partial charge in [-0.05, 0) is 43.4 Å². The first kappa shape index (κ1) is 22.6. The number of ether oxygens (including phenoxy) is 1. The summed E-state index contributed by atoms with van der Waals surface area (Å²) in [6, 6.07) is 7.89. The maximum Gasteiger partial charge on any atom is 0.253 e. The van der Waals surface area contributed by atoms with Crippen LogP contribution in [0.1, 0.15) is 29.3 Å². The Morgan fingerprint density at radius 2 is 2.07 bits per heavy atom. The van der Waals surface area contributed by atoms with Gasteiger partial charge >= 0.3 is 0 Å². The third kappa shape index (κ3) is 6.44. The van der Waals surface area contributed by atoms with Gasteiger partial charge in [0.15, 0.2) is 5.96 Å². The summed E-state index contributed by atoms with van der Waals surface area (Å²) in [5.74, 6) is 1.75. The highest BCUT2D eigenvalue weighted by atomic mass is 16.5. The molecule has 0 bridgehead atoms. The highest BCUT2D eigenvalue weighted by Gasteiger charge is 2.27. The van der Waals surface area contributed by atoms with E-state index in [1.54, 1.807) is 19.0 Å². The molecular weight excluding hydrogens is 378 g/mol. The van der Waals surface area contributed by atoms with Crippen molar-refractivity contribution in [1.29, 1.82) is 0 Å². The number of rotatable bonds is 7. The summed E-state index contributed by atoms with van der Waals surface area (Å²) in [5, 5.41) is 3.46. The third-order valence-corrected chi connectivity index (χ3v) is 5.78. The molecule has 2 aliphatic rings. The van der Waals surface area contributed by atoms with Gasteiger partial charge in [0.25, 0.3) is 5.91 Å². The number of hydrogen-bond donors (Lipinski definition) is 1. The molecule has 2 aliphatic heterocycles. The molecule has 1 aromatic rings. The number of aliphatic imine (C=N–C) groups is 1. The molecule has 7 nitrogen and oxygen atoms in total. The average Bonchev–Trinajstić information content (AvgIpc) is 3.21. The van der Waals surface area contributed by atoms with Crippen LogP contribution in [0.2, 0.25) is 0 Å². The normalized spacial score (nSPS) is 20.4. The summed E-state index contributed by atoms with van der Waals surface area (Å²) in [5.41, 5.74) is 1.88. The first-order valence-corrected chi connectivity index (χ1v) is 11.2. The van der Waals surface area contributed by atoms with Gasteiger partial charge in [-0.1, -0.05) is 12.1 Å². The van der Waals surface area contributed by atoms with Gasteiger partial charge in [-0.25, -0.2) is 0 Å². The second kappa shape index (κ2) is 11.3. The maximum absolute atomic E-state index is 12.2. The van der Waals surface area contributed by atoms with Crippen LogP contribution in [-0.4, -0.2) is 99.7 Å². The molecule has 1 atom stereocenters. The van der Waals surface area contributed by atoms with Crippen LogP contribution in [0.15, 0.2) is 29.3 Å². The summed E-state index contributed by atoms with van der Waals surface area (Å²) in [6.07, 6.45) is 2.05. The zero-order valence-corrected chi connectivity index (χ0v) is 18.8. The fraction of sp³-hybridized carbons (Fsp3) is 0.652. The number of morpholine rings is 1. The Morgan fingerprint density at radius 1 is 1.27 bits per heavy atom. The second-order valence-electron chi connectivity index (χ2n) is 8.40. The molecule has 0 spiro atoms. The molecule has 166 valence electrons. The Labute approximate surface area is 181 Å². The van der Waals surface area contributed by atoms with E-state index in [4.69, 9.17) is 9.73 Å². The van der Waals surface area contributed by atoms with Crippen LogP contribution in [0.3, 0.4) is 0 Å². The van der Waals surface area contributed by atoms with Crippen LogP contribution in [-0.2, 0) is 11.2 Å². The monoisotopic (exact) mass is 415 g/mol. The van der Waals surface area contributed by atoms with Crippen molar-refractivity contribution in [2.24, 2.45) is 10.9 Å². The number of carbonyl (C=O) groups is 1. The predicted molar refractivity (Wildman–Crippen MR) is 121 cm³/mol. The molecule has 2 saturated heterocycles. The summed E-state index contributed by atoms with van der Waals surface area (Å²) >= 11 is 0. The Morgan fingerprint density at radius 3 is 2.80 bits per heavy atom. The predicted octanol–water partition coefficient (Wildman–Crippen LogP) is 1.55. The van der Waals surface area contributed by atoms with Crippen molar-refractivity contribution in [3.05, 3.63) is 35.4 Å². The van der Waals surface area contributed by atoms with Crippen LogP contribution in [0.25, 0.3) is 0 Å². The van der Waals surface area contributed by atoms with E-state index in [9.17, 15) is 4.79 Å². The van der Waals surface area contributed by atoms with Crippen molar-refractivity contribution in [2.75, 3.05) is 73.1 Å². The summed E-state index contributed by atoms with van der Waals surface area (Å²) in [4.78, 5) is 23.6. The Kier molecular flexibility index (Phi) is 8.51. The SMILES string of the molecule is CCNC(=NCCc1cccc(C(=O)N(C)C)c1)N1CCC(CN2CCOCC2)C1. The summed E-state index contributed by atoms with van der Waals surface area (Å²) < 4.78 is 5.47. The lowest BCUT2D eigenvalue weighted by molar-refractivity contribution is 0.0315. The fourth-order valence-corrected chi connectivity index (χ4v) is 4.16. The number of likely N-dealkylation sites (tertiary alicyclic amines) is 1. The van der Waals surface area contributed by atoms with E-state index in [1.807, 2.05) is 18.2 Å². The van der Waals surface area contributed by atoms with Gasteiger partial charge in [-0.15, -0.1) is 0 Å². The number of hydrogen-bond acceptors (Lipinski definition) is 4. The molecule has 0 aromatic heterocycles. The van der Waals surface area contributed by atoms with E-state index in [0.29, 0.717) is 12.5 Å². The first-order chi connectivity index (χ1) is 14.6. The fourth-order valence-electron chi connectivity index (χ4n) is 4.16. The Bertz CT molecular complexity index is 715. The number of benzene rings is 1. The van der Waals surface area contributed by atoms with E-state index >= 15 is 0 Å². The average molecular weight is 416 g/mol. The number of amides is 1. The first-order valence-electron chi connectivity index (χ1n) is 11.2. The molecule has 7 heteroatoms. The van der Waals surface area contributed by atoms with Crippen molar-refractivity contribution >= 4 is 11.9 Å². The summed E-state index contributed by atoms with van der Waals surface area (Å²) in [6.45, 7) is 10.8. The standard InChI is InChI=1S/C23H37N5O2/c1-4-24-23(28-11-9-20(18-28)17-27-12-14-30-15-13-27)25-10-8-19-6-5-7-21(16-19)22(29)26(2)3/h5-7,16,20H,4,8-15,17-18H2,1-3H3,(H,24,25). The van der Waals surface area contributed by atoms with Crippen LogP contribution in [0.4, 0.5) is 0 Å². The molecule has 0 saturated carbocycles. The lowest BCUT2D eigenvalue weighted by Crippen LogP contribution is -2.42. The molecule has 2 heterocycles. The van der Waals surface area contributed by atoms with E-state index in [2.05, 4.69) is 28.1 Å². The van der Waals surface area contributed by atoms with E-state index < -0.39 is 0 Å². The summed E-state index contributed by atoms with van der Waals surface area (Å²) in [7, 11) is 3.56. The van der Waals surface area contributed by atoms with E-state index in [0.717, 1.165) is 76.0 Å². The van der Waals surface area contributed by atoms with Crippen molar-refractivity contribution in [2.45, 2.75) is 19.8 Å². The minimum absolute atomic E-state index is 0.0390. The van der Waals surface area contributed by atoms with Crippen molar-refractivity contribution in [3.63, 3.8) is 0 Å². The van der Waals surface area contributed by atoms with Crippen molar-refractivity contribution < 1.29 is 9.53 Å². The van der Waals surface area contributed by atoms with Crippen LogP contribution >= 0.6 is 0 Å². The van der Waals surface area contributed by atoms with Gasteiger partial charge in [-0.2, -0.15) is 0 Å². The molecule has 1 amide bonds. The zero-order valence-electron chi connectivity index (χ0n) is 18.8. The molecule has 3 rings (SSSR count). The molecule has 1 aromatic carbocycles. The zero-order chi connectivity index (χ0) is 21.3. The number of nitrogens with zero attached hydrogens (tertiary/aromatic N) is 4. The lowest BCUT2D eigenvalue weighted by atomic mass is 10.1. The highest BCUT2D eigenvalue weighted by Crippen LogP contribution is 2.18. The molecule has 2 fully saturated rings. The van der Waals surface area contributed by atoms with Crippen LogP contribution < -0.4 is 5.32 Å². The Hall–Kier alpha value is -2.12. The molecule has 0 radical (unpaired) electrons. The molecular formula is C23H37N5O2. The maximum atomic E-state index is 12.2. The largest absolute Gasteiger partial charge is 0.379 e. The van der Waals surface area contributed by atoms with E-state index in [-0.39, 0.29) is 5.91 Å². The van der Waals surface area contributed by atoms with Gasteiger partial charge in [0, 0.05) is 65.5 Å². The van der Waals surface area contributed by atoms with Gasteiger partial charge < -0.3 is 19.9 Å². The number of carbonyl (C=O) groups excluding carboxylic acids is 1. The van der Waals surface area contributed by atoms with Crippen molar-refractivity contribution in [3.8, 4) is 0 Å². The molecule has 30 heavy (non-hydrogen) atoms. The molecule has 1 unspecified atom stereocenters. The van der Waals surface area contributed by atoms with Crippen molar-refractivity contribution in [1.82, 2.24) is 20.0 Å². The van der Waals surface area contributed by atoms with Crippen LogP contribution in [0.5, 0.6) is 0 Å². The smallest absolute Gasteiger partial charge is 0.253 e. The topological polar surface area (TPSA) is 60.4 Å². The highest BCUT2D eigenvalue weighted by molar-refractivity contribution is 5.94. The minimum Gasteiger partial charge on any atom is -0.379 e. The van der Waals surface area contributed by atoms with Gasteiger partial charge in [-0.3, -0.25) is 14.7 Å². The quantitative estimate of drug-likeness (QED) is 0.541. The number of nitrogens with one attached hydrogen (secondary N) is 1. The van der Waals surface area contributed by atoms with Gasteiger partial charge in [0.05, 0.1) is 13.2 Å². The van der Waals surface area contributed by atoms with Gasteiger partial charge in [0.2, 0.25) is 0 Å². The molecule has 1 N–H and O–H groups in total. The van der Waals surface area contributed by atoms with Gasteiger partial charge in [0.1, 0.15) is 0 Å². The van der Waals surface area contributed by atoms with E-state index in [1.165, 1.54) is 6.42 Å².